The number of carbonyl (C=O) groups is 1. The molecule has 2 aromatic rings. The number of nitrogens with two attached hydrogens (primary N) is 1. The number of rotatable bonds is 7. The molecule has 0 heterocycles. The maximum atomic E-state index is 12.9. The first kappa shape index (κ1) is 19.7. The van der Waals surface area contributed by atoms with E-state index in [1.54, 1.807) is 36.4 Å². The van der Waals surface area contributed by atoms with Crippen LogP contribution in [0.4, 0.5) is 5.69 Å². The maximum absolute atomic E-state index is 12.9. The molecule has 0 saturated heterocycles. The summed E-state index contributed by atoms with van der Waals surface area (Å²) in [6.45, 7) is 0. The van der Waals surface area contributed by atoms with Crippen molar-refractivity contribution in [3.8, 4) is 23.0 Å². The highest BCUT2D eigenvalue weighted by molar-refractivity contribution is 9.12. The second-order valence-electron chi connectivity index (χ2n) is 5.20. The molecule has 0 aromatic heterocycles. The number of hydrogen-bond acceptors (Lipinski definition) is 6. The standard InChI is InChI=1S/C19H20BrNO5/c1-23-15-8-6-12(18(25-3)19(15)26-4)17(22)13(20)9-11-5-7-14(21)16(10-11)24-2/h5-10H,21H2,1-4H3. The van der Waals surface area contributed by atoms with E-state index in [1.807, 2.05) is 0 Å². The third-order valence-corrected chi connectivity index (χ3v) is 4.31. The Morgan fingerprint density at radius 1 is 0.923 bits per heavy atom. The lowest BCUT2D eigenvalue weighted by molar-refractivity contribution is 0.104. The molecule has 2 aromatic carbocycles. The first-order valence-corrected chi connectivity index (χ1v) is 8.40. The quantitative estimate of drug-likeness (QED) is 0.414. The van der Waals surface area contributed by atoms with Gasteiger partial charge in [0, 0.05) is 0 Å². The van der Waals surface area contributed by atoms with E-state index >= 15 is 0 Å². The van der Waals surface area contributed by atoms with E-state index in [9.17, 15) is 4.79 Å². The van der Waals surface area contributed by atoms with Crippen molar-refractivity contribution in [3.05, 3.63) is 45.9 Å². The van der Waals surface area contributed by atoms with E-state index in [0.29, 0.717) is 38.7 Å². The number of nitrogen functional groups attached to an aromatic ring is 1. The van der Waals surface area contributed by atoms with Crippen molar-refractivity contribution in [1.82, 2.24) is 0 Å². The minimum atomic E-state index is -0.265. The molecule has 0 atom stereocenters. The van der Waals surface area contributed by atoms with Crippen LogP contribution in [-0.4, -0.2) is 34.2 Å². The van der Waals surface area contributed by atoms with Crippen molar-refractivity contribution < 1.29 is 23.7 Å². The van der Waals surface area contributed by atoms with Gasteiger partial charge in [-0.25, -0.2) is 0 Å². The molecule has 6 nitrogen and oxygen atoms in total. The van der Waals surface area contributed by atoms with Gasteiger partial charge in [-0.3, -0.25) is 4.79 Å². The average molecular weight is 422 g/mol. The van der Waals surface area contributed by atoms with Crippen LogP contribution in [0.2, 0.25) is 0 Å². The van der Waals surface area contributed by atoms with Gasteiger partial charge in [0.1, 0.15) is 5.75 Å². The van der Waals surface area contributed by atoms with E-state index < -0.39 is 0 Å². The predicted molar refractivity (Wildman–Crippen MR) is 105 cm³/mol. The van der Waals surface area contributed by atoms with Crippen molar-refractivity contribution in [2.45, 2.75) is 0 Å². The molecule has 138 valence electrons. The summed E-state index contributed by atoms with van der Waals surface area (Å²) >= 11 is 3.34. The Bertz CT molecular complexity index is 848. The van der Waals surface area contributed by atoms with Gasteiger partial charge >= 0.3 is 0 Å². The minimum Gasteiger partial charge on any atom is -0.495 e. The molecule has 0 amide bonds. The van der Waals surface area contributed by atoms with Gasteiger partial charge in [0.2, 0.25) is 11.5 Å². The molecule has 0 saturated carbocycles. The number of halogens is 1. The van der Waals surface area contributed by atoms with Crippen LogP contribution in [-0.2, 0) is 0 Å². The molecule has 0 unspecified atom stereocenters. The van der Waals surface area contributed by atoms with Crippen molar-refractivity contribution in [2.75, 3.05) is 34.2 Å². The van der Waals surface area contributed by atoms with Crippen LogP contribution in [0.3, 0.4) is 0 Å². The molecule has 0 aliphatic heterocycles. The zero-order chi connectivity index (χ0) is 19.3. The van der Waals surface area contributed by atoms with Crippen LogP contribution >= 0.6 is 15.9 Å². The van der Waals surface area contributed by atoms with E-state index in [1.165, 1.54) is 28.4 Å². The molecule has 0 aliphatic carbocycles. The van der Waals surface area contributed by atoms with Crippen molar-refractivity contribution in [1.29, 1.82) is 0 Å². The number of methoxy groups -OCH3 is 4. The fraction of sp³-hybridized carbons (Fsp3) is 0.211. The summed E-state index contributed by atoms with van der Waals surface area (Å²) in [6.07, 6.45) is 1.68. The van der Waals surface area contributed by atoms with E-state index in [-0.39, 0.29) is 5.78 Å². The Morgan fingerprint density at radius 2 is 1.58 bits per heavy atom. The molecule has 26 heavy (non-hydrogen) atoms. The number of carbonyl (C=O) groups excluding carboxylic acids is 1. The van der Waals surface area contributed by atoms with Gasteiger partial charge in [0.25, 0.3) is 0 Å². The maximum Gasteiger partial charge on any atom is 0.204 e. The molecule has 0 radical (unpaired) electrons. The number of benzene rings is 2. The monoisotopic (exact) mass is 421 g/mol. The Hall–Kier alpha value is -2.67. The Kier molecular flexibility index (Phi) is 6.52. The normalized spacial score (nSPS) is 11.0. The smallest absolute Gasteiger partial charge is 0.204 e. The number of hydrogen-bond donors (Lipinski definition) is 1. The fourth-order valence-electron chi connectivity index (χ4n) is 2.44. The van der Waals surface area contributed by atoms with Crippen LogP contribution in [0.5, 0.6) is 23.0 Å². The third kappa shape index (κ3) is 3.94. The van der Waals surface area contributed by atoms with Crippen molar-refractivity contribution in [2.24, 2.45) is 0 Å². The van der Waals surface area contributed by atoms with Crippen LogP contribution in [0.15, 0.2) is 34.8 Å². The van der Waals surface area contributed by atoms with Gasteiger partial charge in [0.05, 0.1) is 44.2 Å². The zero-order valence-corrected chi connectivity index (χ0v) is 16.5. The van der Waals surface area contributed by atoms with Gasteiger partial charge < -0.3 is 24.7 Å². The first-order chi connectivity index (χ1) is 12.5. The zero-order valence-electron chi connectivity index (χ0n) is 15.0. The molecule has 0 fully saturated rings. The minimum absolute atomic E-state index is 0.265. The summed E-state index contributed by atoms with van der Waals surface area (Å²) in [5.74, 6) is 1.41. The van der Waals surface area contributed by atoms with Crippen LogP contribution in [0.1, 0.15) is 15.9 Å². The van der Waals surface area contributed by atoms with Gasteiger partial charge in [-0.1, -0.05) is 6.07 Å². The van der Waals surface area contributed by atoms with E-state index in [2.05, 4.69) is 15.9 Å². The summed E-state index contributed by atoms with van der Waals surface area (Å²) in [6, 6.07) is 8.53. The predicted octanol–water partition coefficient (Wildman–Crippen LogP) is 3.92. The Balaban J connectivity index is 2.45. The van der Waals surface area contributed by atoms with Crippen LogP contribution < -0.4 is 24.7 Å². The lowest BCUT2D eigenvalue weighted by atomic mass is 10.1. The SMILES string of the molecule is COc1cc(C=C(Br)C(=O)c2ccc(OC)c(OC)c2OC)ccc1N. The van der Waals surface area contributed by atoms with Crippen LogP contribution in [0.25, 0.3) is 6.08 Å². The summed E-state index contributed by atoms with van der Waals surface area (Å²) in [5, 5.41) is 0. The van der Waals surface area contributed by atoms with Gasteiger partial charge in [-0.2, -0.15) is 0 Å². The first-order valence-electron chi connectivity index (χ1n) is 7.61. The molecule has 0 spiro atoms. The van der Waals surface area contributed by atoms with Crippen molar-refractivity contribution in [3.63, 3.8) is 0 Å². The molecule has 2 N–H and O–H groups in total. The highest BCUT2D eigenvalue weighted by Gasteiger charge is 2.22. The second kappa shape index (κ2) is 8.62. The van der Waals surface area contributed by atoms with Crippen molar-refractivity contribution >= 4 is 33.5 Å². The average Bonchev–Trinajstić information content (AvgIpc) is 2.67. The van der Waals surface area contributed by atoms with Crippen LogP contribution in [0, 0.1) is 0 Å². The number of Topliss-reactive ketones (excluding diaryl/α,β-unsaturated/α-hetero) is 1. The lowest BCUT2D eigenvalue weighted by Gasteiger charge is -2.15. The number of anilines is 1. The summed E-state index contributed by atoms with van der Waals surface area (Å²) in [4.78, 5) is 12.9. The van der Waals surface area contributed by atoms with Gasteiger partial charge in [0.15, 0.2) is 11.5 Å². The number of ether oxygens (including phenoxy) is 4. The Labute approximate surface area is 160 Å². The Morgan fingerprint density at radius 3 is 2.15 bits per heavy atom. The van der Waals surface area contributed by atoms with Gasteiger partial charge in [-0.05, 0) is 51.8 Å². The highest BCUT2D eigenvalue weighted by Crippen LogP contribution is 2.41. The molecular weight excluding hydrogens is 402 g/mol. The van der Waals surface area contributed by atoms with E-state index in [4.69, 9.17) is 24.7 Å². The lowest BCUT2D eigenvalue weighted by Crippen LogP contribution is -2.05. The summed E-state index contributed by atoms with van der Waals surface area (Å²) in [7, 11) is 6.01. The topological polar surface area (TPSA) is 80.0 Å². The molecule has 2 rings (SSSR count). The second-order valence-corrected chi connectivity index (χ2v) is 6.06. The summed E-state index contributed by atoms with van der Waals surface area (Å²) in [5.41, 5.74) is 7.44. The van der Waals surface area contributed by atoms with Gasteiger partial charge in [-0.15, -0.1) is 0 Å². The fourth-order valence-corrected chi connectivity index (χ4v) is 2.92. The number of ketones is 1. The molecule has 0 aliphatic rings. The molecular formula is C19H20BrNO5. The molecule has 0 bridgehead atoms. The summed E-state index contributed by atoms with van der Waals surface area (Å²) < 4.78 is 21.5. The number of allylic oxidation sites excluding steroid dienone is 1. The largest absolute Gasteiger partial charge is 0.495 e. The van der Waals surface area contributed by atoms with E-state index in [0.717, 1.165) is 5.56 Å². The molecule has 7 heteroatoms. The third-order valence-electron chi connectivity index (χ3n) is 3.72. The highest BCUT2D eigenvalue weighted by atomic mass is 79.9.